The Kier molecular flexibility index (Phi) is 3.77. The summed E-state index contributed by atoms with van der Waals surface area (Å²) in [5, 5.41) is 7.71. The van der Waals surface area contributed by atoms with E-state index in [0.717, 1.165) is 17.9 Å². The van der Waals surface area contributed by atoms with Gasteiger partial charge in [0.25, 0.3) is 0 Å². The molecular formula is C14H18FN3. The highest BCUT2D eigenvalue weighted by atomic mass is 19.1. The lowest BCUT2D eigenvalue weighted by atomic mass is 10.2. The van der Waals surface area contributed by atoms with E-state index in [1.165, 1.54) is 6.07 Å². The Bertz CT molecular complexity index is 532. The van der Waals surface area contributed by atoms with Gasteiger partial charge in [-0.15, -0.1) is 0 Å². The SMILES string of the molecule is Cc1ccc(-n2ccc(CNC(C)C)n2)cc1F. The number of nitrogens with one attached hydrogen (secondary N) is 1. The molecule has 0 aliphatic carbocycles. The Morgan fingerprint density at radius 3 is 2.78 bits per heavy atom. The van der Waals surface area contributed by atoms with E-state index < -0.39 is 0 Å². The summed E-state index contributed by atoms with van der Waals surface area (Å²) in [6, 6.07) is 7.49. The number of nitrogens with zero attached hydrogens (tertiary/aromatic N) is 2. The molecule has 0 atom stereocenters. The van der Waals surface area contributed by atoms with Gasteiger partial charge in [0, 0.05) is 18.8 Å². The van der Waals surface area contributed by atoms with E-state index in [4.69, 9.17) is 0 Å². The van der Waals surface area contributed by atoms with Gasteiger partial charge in [-0.1, -0.05) is 19.9 Å². The Labute approximate surface area is 107 Å². The largest absolute Gasteiger partial charge is 0.309 e. The van der Waals surface area contributed by atoms with Crippen molar-refractivity contribution in [2.24, 2.45) is 0 Å². The van der Waals surface area contributed by atoms with E-state index in [1.54, 1.807) is 17.7 Å². The molecule has 0 radical (unpaired) electrons. The van der Waals surface area contributed by atoms with E-state index in [-0.39, 0.29) is 5.82 Å². The predicted octanol–water partition coefficient (Wildman–Crippen LogP) is 2.82. The normalized spacial score (nSPS) is 11.2. The molecule has 4 heteroatoms. The summed E-state index contributed by atoms with van der Waals surface area (Å²) in [7, 11) is 0. The fourth-order valence-corrected chi connectivity index (χ4v) is 1.63. The van der Waals surface area contributed by atoms with Crippen LogP contribution < -0.4 is 5.32 Å². The van der Waals surface area contributed by atoms with Gasteiger partial charge in [-0.05, 0) is 30.7 Å². The highest BCUT2D eigenvalue weighted by molar-refractivity contribution is 5.34. The van der Waals surface area contributed by atoms with Crippen molar-refractivity contribution < 1.29 is 4.39 Å². The molecule has 1 aromatic carbocycles. The van der Waals surface area contributed by atoms with E-state index in [2.05, 4.69) is 24.3 Å². The van der Waals surface area contributed by atoms with Crippen molar-refractivity contribution in [3.63, 3.8) is 0 Å². The highest BCUT2D eigenvalue weighted by Gasteiger charge is 2.04. The summed E-state index contributed by atoms with van der Waals surface area (Å²) in [5.41, 5.74) is 2.34. The molecule has 2 aromatic rings. The fourth-order valence-electron chi connectivity index (χ4n) is 1.63. The smallest absolute Gasteiger partial charge is 0.128 e. The summed E-state index contributed by atoms with van der Waals surface area (Å²) < 4.78 is 15.2. The standard InChI is InChI=1S/C14H18FN3/c1-10(2)16-9-12-6-7-18(17-12)13-5-4-11(3)14(15)8-13/h4-8,10,16H,9H2,1-3H3. The first kappa shape index (κ1) is 12.8. The van der Waals surface area contributed by atoms with Gasteiger partial charge in [-0.2, -0.15) is 5.10 Å². The molecule has 0 fully saturated rings. The number of aryl methyl sites for hydroxylation is 1. The van der Waals surface area contributed by atoms with E-state index in [1.807, 2.05) is 18.3 Å². The Morgan fingerprint density at radius 1 is 1.33 bits per heavy atom. The quantitative estimate of drug-likeness (QED) is 0.900. The number of halogens is 1. The zero-order chi connectivity index (χ0) is 13.1. The van der Waals surface area contributed by atoms with Crippen molar-refractivity contribution in [2.45, 2.75) is 33.4 Å². The van der Waals surface area contributed by atoms with Gasteiger partial charge < -0.3 is 5.32 Å². The third-order valence-electron chi connectivity index (χ3n) is 2.76. The molecule has 2 rings (SSSR count). The molecule has 0 aliphatic heterocycles. The maximum atomic E-state index is 13.5. The number of rotatable bonds is 4. The van der Waals surface area contributed by atoms with Crippen LogP contribution in [-0.4, -0.2) is 15.8 Å². The first-order chi connectivity index (χ1) is 8.56. The summed E-state index contributed by atoms with van der Waals surface area (Å²) in [6.45, 7) is 6.65. The fraction of sp³-hybridized carbons (Fsp3) is 0.357. The van der Waals surface area contributed by atoms with Crippen LogP contribution >= 0.6 is 0 Å². The lowest BCUT2D eigenvalue weighted by Gasteiger charge is -2.05. The third kappa shape index (κ3) is 2.96. The van der Waals surface area contributed by atoms with Crippen LogP contribution in [0.2, 0.25) is 0 Å². The monoisotopic (exact) mass is 247 g/mol. The van der Waals surface area contributed by atoms with Gasteiger partial charge >= 0.3 is 0 Å². The molecule has 1 aromatic heterocycles. The molecule has 0 saturated carbocycles. The van der Waals surface area contributed by atoms with Crippen LogP contribution in [0.3, 0.4) is 0 Å². The molecule has 0 aliphatic rings. The molecule has 0 amide bonds. The van der Waals surface area contributed by atoms with Crippen LogP contribution in [0.25, 0.3) is 5.69 Å². The second kappa shape index (κ2) is 5.31. The summed E-state index contributed by atoms with van der Waals surface area (Å²) in [6.07, 6.45) is 1.85. The van der Waals surface area contributed by atoms with Crippen LogP contribution in [0.1, 0.15) is 25.1 Å². The Morgan fingerprint density at radius 2 is 2.11 bits per heavy atom. The van der Waals surface area contributed by atoms with Crippen molar-refractivity contribution in [2.75, 3.05) is 0 Å². The predicted molar refractivity (Wildman–Crippen MR) is 70.2 cm³/mol. The maximum Gasteiger partial charge on any atom is 0.128 e. The topological polar surface area (TPSA) is 29.9 Å². The zero-order valence-electron chi connectivity index (χ0n) is 10.9. The minimum atomic E-state index is -0.204. The van der Waals surface area contributed by atoms with Crippen LogP contribution in [0.15, 0.2) is 30.5 Å². The summed E-state index contributed by atoms with van der Waals surface area (Å²) >= 11 is 0. The van der Waals surface area contributed by atoms with Crippen LogP contribution in [0.5, 0.6) is 0 Å². The second-order valence-electron chi connectivity index (χ2n) is 4.72. The van der Waals surface area contributed by atoms with Gasteiger partial charge in [-0.3, -0.25) is 0 Å². The van der Waals surface area contributed by atoms with Crippen molar-refractivity contribution in [1.29, 1.82) is 0 Å². The molecule has 0 saturated heterocycles. The first-order valence-corrected chi connectivity index (χ1v) is 6.10. The lowest BCUT2D eigenvalue weighted by Crippen LogP contribution is -2.22. The van der Waals surface area contributed by atoms with Crippen LogP contribution in [0.4, 0.5) is 4.39 Å². The Balaban J connectivity index is 2.16. The van der Waals surface area contributed by atoms with Crippen molar-refractivity contribution in [3.8, 4) is 5.69 Å². The molecule has 96 valence electrons. The van der Waals surface area contributed by atoms with Gasteiger partial charge in [-0.25, -0.2) is 9.07 Å². The van der Waals surface area contributed by atoms with E-state index in [0.29, 0.717) is 11.6 Å². The van der Waals surface area contributed by atoms with Crippen molar-refractivity contribution >= 4 is 0 Å². The summed E-state index contributed by atoms with van der Waals surface area (Å²) in [5.74, 6) is -0.204. The maximum absolute atomic E-state index is 13.5. The molecule has 0 unspecified atom stereocenters. The number of benzene rings is 1. The number of hydrogen-bond acceptors (Lipinski definition) is 2. The van der Waals surface area contributed by atoms with Crippen molar-refractivity contribution in [3.05, 3.63) is 47.5 Å². The summed E-state index contributed by atoms with van der Waals surface area (Å²) in [4.78, 5) is 0. The number of aromatic nitrogens is 2. The second-order valence-corrected chi connectivity index (χ2v) is 4.72. The van der Waals surface area contributed by atoms with Gasteiger partial charge in [0.2, 0.25) is 0 Å². The lowest BCUT2D eigenvalue weighted by molar-refractivity contribution is 0.577. The van der Waals surface area contributed by atoms with Gasteiger partial charge in [0.05, 0.1) is 11.4 Å². The molecule has 18 heavy (non-hydrogen) atoms. The molecule has 3 nitrogen and oxygen atoms in total. The Hall–Kier alpha value is -1.68. The van der Waals surface area contributed by atoms with Gasteiger partial charge in [0.15, 0.2) is 0 Å². The zero-order valence-corrected chi connectivity index (χ0v) is 10.9. The number of hydrogen-bond donors (Lipinski definition) is 1. The molecule has 1 N–H and O–H groups in total. The first-order valence-electron chi connectivity index (χ1n) is 6.10. The third-order valence-corrected chi connectivity index (χ3v) is 2.76. The highest BCUT2D eigenvalue weighted by Crippen LogP contribution is 2.13. The average molecular weight is 247 g/mol. The van der Waals surface area contributed by atoms with Crippen LogP contribution in [0, 0.1) is 12.7 Å². The minimum Gasteiger partial charge on any atom is -0.309 e. The van der Waals surface area contributed by atoms with Crippen LogP contribution in [-0.2, 0) is 6.54 Å². The molecule has 1 heterocycles. The molecular weight excluding hydrogens is 229 g/mol. The van der Waals surface area contributed by atoms with E-state index in [9.17, 15) is 4.39 Å². The van der Waals surface area contributed by atoms with Crippen molar-refractivity contribution in [1.82, 2.24) is 15.1 Å². The molecule has 0 spiro atoms. The molecule has 0 bridgehead atoms. The average Bonchev–Trinajstić information content (AvgIpc) is 2.79. The van der Waals surface area contributed by atoms with Gasteiger partial charge in [0.1, 0.15) is 5.82 Å². The minimum absolute atomic E-state index is 0.204. The van der Waals surface area contributed by atoms with E-state index >= 15 is 0 Å².